The molecular formula is C14H18ClNO4. The van der Waals surface area contributed by atoms with Gasteiger partial charge in [0.1, 0.15) is 0 Å². The van der Waals surface area contributed by atoms with Gasteiger partial charge in [-0.05, 0) is 26.8 Å². The van der Waals surface area contributed by atoms with E-state index in [2.05, 4.69) is 5.32 Å². The molecule has 1 aromatic rings. The minimum absolute atomic E-state index is 0.205. The minimum Gasteiger partial charge on any atom is -0.493 e. The summed E-state index contributed by atoms with van der Waals surface area (Å²) < 4.78 is 10.5. The van der Waals surface area contributed by atoms with E-state index in [1.807, 2.05) is 20.8 Å². The van der Waals surface area contributed by atoms with Gasteiger partial charge in [-0.3, -0.25) is 9.59 Å². The lowest BCUT2D eigenvalue weighted by molar-refractivity contribution is -0.124. The summed E-state index contributed by atoms with van der Waals surface area (Å²) in [6.45, 7) is 5.38. The van der Waals surface area contributed by atoms with E-state index < -0.39 is 0 Å². The monoisotopic (exact) mass is 299 g/mol. The zero-order valence-electron chi connectivity index (χ0n) is 12.0. The van der Waals surface area contributed by atoms with Crippen molar-refractivity contribution in [1.82, 2.24) is 5.32 Å². The number of hydrogen-bond donors (Lipinski definition) is 1. The third kappa shape index (κ3) is 4.74. The van der Waals surface area contributed by atoms with Crippen LogP contribution in [0.1, 0.15) is 31.1 Å². The minimum atomic E-state index is -0.349. The maximum Gasteiger partial charge on any atom is 0.258 e. The normalized spacial score (nSPS) is 10.8. The zero-order chi connectivity index (χ0) is 15.3. The van der Waals surface area contributed by atoms with Crippen LogP contribution < -0.4 is 14.8 Å². The summed E-state index contributed by atoms with van der Waals surface area (Å²) in [5, 5.41) is 3.11. The van der Waals surface area contributed by atoms with E-state index in [0.717, 1.165) is 0 Å². The molecule has 1 amide bonds. The fourth-order valence-corrected chi connectivity index (χ4v) is 1.79. The van der Waals surface area contributed by atoms with Crippen LogP contribution in [0.5, 0.6) is 11.5 Å². The van der Waals surface area contributed by atoms with Crippen LogP contribution in [0.4, 0.5) is 0 Å². The highest BCUT2D eigenvalue weighted by atomic mass is 35.5. The third-order valence-corrected chi connectivity index (χ3v) is 2.48. The molecule has 1 aromatic carbocycles. The number of ether oxygens (including phenoxy) is 2. The number of nitrogens with one attached hydrogen (secondary N) is 1. The Balaban J connectivity index is 2.87. The van der Waals surface area contributed by atoms with Crippen LogP contribution in [0.2, 0.25) is 5.02 Å². The Hall–Kier alpha value is -1.75. The maximum atomic E-state index is 11.7. The Bertz CT molecular complexity index is 509. The molecule has 0 atom stereocenters. The summed E-state index contributed by atoms with van der Waals surface area (Å²) in [6.07, 6.45) is 0.603. The van der Waals surface area contributed by atoms with Gasteiger partial charge >= 0.3 is 0 Å². The lowest BCUT2D eigenvalue weighted by atomic mass is 10.1. The molecule has 0 aliphatic heterocycles. The van der Waals surface area contributed by atoms with E-state index in [4.69, 9.17) is 21.1 Å². The third-order valence-electron chi connectivity index (χ3n) is 2.26. The summed E-state index contributed by atoms with van der Waals surface area (Å²) in [7, 11) is 1.43. The molecule has 1 N–H and O–H groups in total. The highest BCUT2D eigenvalue weighted by molar-refractivity contribution is 6.31. The standard InChI is InChI=1S/C14H18ClNO4/c1-14(2,3)16-12(18)8-20-13-9(7-17)5-10(15)6-11(13)19-4/h5-7H,8H2,1-4H3,(H,16,18). The first-order valence-electron chi connectivity index (χ1n) is 6.03. The van der Waals surface area contributed by atoms with Crippen molar-refractivity contribution >= 4 is 23.8 Å². The molecule has 0 radical (unpaired) electrons. The number of halogens is 1. The Labute approximate surface area is 123 Å². The van der Waals surface area contributed by atoms with Crippen LogP contribution >= 0.6 is 11.6 Å². The van der Waals surface area contributed by atoms with Gasteiger partial charge < -0.3 is 14.8 Å². The lowest BCUT2D eigenvalue weighted by Gasteiger charge is -2.21. The highest BCUT2D eigenvalue weighted by Crippen LogP contribution is 2.33. The fourth-order valence-electron chi connectivity index (χ4n) is 1.57. The summed E-state index contributed by atoms with van der Waals surface area (Å²) in [4.78, 5) is 22.7. The predicted molar refractivity (Wildman–Crippen MR) is 76.8 cm³/mol. The molecule has 0 aromatic heterocycles. The number of methoxy groups -OCH3 is 1. The molecule has 20 heavy (non-hydrogen) atoms. The van der Waals surface area contributed by atoms with Gasteiger partial charge in [0.2, 0.25) is 0 Å². The number of hydrogen-bond acceptors (Lipinski definition) is 4. The van der Waals surface area contributed by atoms with Crippen molar-refractivity contribution in [3.63, 3.8) is 0 Å². The van der Waals surface area contributed by atoms with Crippen molar-refractivity contribution in [2.45, 2.75) is 26.3 Å². The molecule has 110 valence electrons. The molecular weight excluding hydrogens is 282 g/mol. The van der Waals surface area contributed by atoms with Crippen molar-refractivity contribution < 1.29 is 19.1 Å². The molecule has 0 unspecified atom stereocenters. The number of rotatable bonds is 5. The van der Waals surface area contributed by atoms with Crippen molar-refractivity contribution in [3.8, 4) is 11.5 Å². The van der Waals surface area contributed by atoms with E-state index in [9.17, 15) is 9.59 Å². The van der Waals surface area contributed by atoms with Crippen LogP contribution in [0.3, 0.4) is 0 Å². The largest absolute Gasteiger partial charge is 0.493 e. The van der Waals surface area contributed by atoms with Crippen molar-refractivity contribution in [2.75, 3.05) is 13.7 Å². The summed E-state index contributed by atoms with van der Waals surface area (Å²) >= 11 is 5.86. The Morgan fingerprint density at radius 3 is 2.55 bits per heavy atom. The molecule has 0 saturated carbocycles. The summed E-state index contributed by atoms with van der Waals surface area (Å²) in [6, 6.07) is 2.97. The van der Waals surface area contributed by atoms with Crippen LogP contribution in [0, 0.1) is 0 Å². The number of carbonyl (C=O) groups is 2. The topological polar surface area (TPSA) is 64.6 Å². The zero-order valence-corrected chi connectivity index (χ0v) is 12.7. The average Bonchev–Trinajstić information content (AvgIpc) is 2.33. The van der Waals surface area contributed by atoms with E-state index in [1.165, 1.54) is 19.2 Å². The van der Waals surface area contributed by atoms with Gasteiger partial charge in [0.15, 0.2) is 24.4 Å². The molecule has 0 heterocycles. The molecule has 0 fully saturated rings. The quantitative estimate of drug-likeness (QED) is 0.848. The van der Waals surface area contributed by atoms with Crippen molar-refractivity contribution in [3.05, 3.63) is 22.7 Å². The Kier molecular flexibility index (Phi) is 5.39. The van der Waals surface area contributed by atoms with E-state index in [-0.39, 0.29) is 29.4 Å². The summed E-state index contributed by atoms with van der Waals surface area (Å²) in [5.74, 6) is 0.227. The van der Waals surface area contributed by atoms with Gasteiger partial charge in [-0.15, -0.1) is 0 Å². The Morgan fingerprint density at radius 2 is 2.05 bits per heavy atom. The molecule has 0 spiro atoms. The molecule has 0 bridgehead atoms. The van der Waals surface area contributed by atoms with E-state index in [1.54, 1.807) is 0 Å². The van der Waals surface area contributed by atoms with Crippen molar-refractivity contribution in [2.24, 2.45) is 0 Å². The predicted octanol–water partition coefficient (Wildman–Crippen LogP) is 2.45. The molecule has 1 rings (SSSR count). The maximum absolute atomic E-state index is 11.7. The smallest absolute Gasteiger partial charge is 0.258 e. The second-order valence-corrected chi connectivity index (χ2v) is 5.67. The highest BCUT2D eigenvalue weighted by Gasteiger charge is 2.17. The number of amides is 1. The van der Waals surface area contributed by atoms with E-state index in [0.29, 0.717) is 17.1 Å². The van der Waals surface area contributed by atoms with Gasteiger partial charge in [-0.25, -0.2) is 0 Å². The lowest BCUT2D eigenvalue weighted by Crippen LogP contribution is -2.43. The van der Waals surface area contributed by atoms with Gasteiger partial charge in [0.25, 0.3) is 5.91 Å². The molecule has 0 saturated heterocycles. The Morgan fingerprint density at radius 1 is 1.40 bits per heavy atom. The number of carbonyl (C=O) groups excluding carboxylic acids is 2. The van der Waals surface area contributed by atoms with Gasteiger partial charge in [-0.2, -0.15) is 0 Å². The SMILES string of the molecule is COc1cc(Cl)cc(C=O)c1OCC(=O)NC(C)(C)C. The van der Waals surface area contributed by atoms with Gasteiger partial charge in [0, 0.05) is 16.6 Å². The first kappa shape index (κ1) is 16.3. The van der Waals surface area contributed by atoms with Crippen LogP contribution in [-0.2, 0) is 4.79 Å². The average molecular weight is 300 g/mol. The summed E-state index contributed by atoms with van der Waals surface area (Å²) in [5.41, 5.74) is -0.115. The second-order valence-electron chi connectivity index (χ2n) is 5.23. The first-order valence-corrected chi connectivity index (χ1v) is 6.41. The van der Waals surface area contributed by atoms with Gasteiger partial charge in [-0.1, -0.05) is 11.6 Å². The molecule has 0 aliphatic carbocycles. The fraction of sp³-hybridized carbons (Fsp3) is 0.429. The van der Waals surface area contributed by atoms with Crippen molar-refractivity contribution in [1.29, 1.82) is 0 Å². The molecule has 5 nitrogen and oxygen atoms in total. The second kappa shape index (κ2) is 6.61. The number of benzene rings is 1. The molecule has 0 aliphatic rings. The van der Waals surface area contributed by atoms with Crippen LogP contribution in [0.25, 0.3) is 0 Å². The van der Waals surface area contributed by atoms with Crippen LogP contribution in [-0.4, -0.2) is 31.4 Å². The van der Waals surface area contributed by atoms with Gasteiger partial charge in [0.05, 0.1) is 12.7 Å². The van der Waals surface area contributed by atoms with Crippen LogP contribution in [0.15, 0.2) is 12.1 Å². The molecule has 6 heteroatoms. The van der Waals surface area contributed by atoms with E-state index >= 15 is 0 Å². The number of aldehydes is 1. The first-order chi connectivity index (χ1) is 9.26.